The summed E-state index contributed by atoms with van der Waals surface area (Å²) in [5, 5.41) is 1.27. The van der Waals surface area contributed by atoms with Gasteiger partial charge < -0.3 is 4.98 Å². The molecule has 0 spiro atoms. The molecule has 9 nitrogen and oxygen atoms in total. The van der Waals surface area contributed by atoms with Gasteiger partial charge in [-0.1, -0.05) is 35.3 Å². The van der Waals surface area contributed by atoms with Crippen LogP contribution in [0.15, 0.2) is 81.2 Å². The van der Waals surface area contributed by atoms with Crippen molar-refractivity contribution in [1.82, 2.24) is 14.4 Å². The molecule has 33 heavy (non-hydrogen) atoms. The Labute approximate surface area is 196 Å². The van der Waals surface area contributed by atoms with Gasteiger partial charge in [-0.2, -0.15) is 0 Å². The largest absolute Gasteiger partial charge is 0.333 e. The van der Waals surface area contributed by atoms with Crippen molar-refractivity contribution < 1.29 is 13.2 Å². The quantitative estimate of drug-likeness (QED) is 0.308. The Hall–Kier alpha value is -3.44. The lowest BCUT2D eigenvalue weighted by Gasteiger charge is -2.19. The Balaban J connectivity index is 1.67. The van der Waals surface area contributed by atoms with Gasteiger partial charge >= 0.3 is 5.69 Å². The molecule has 12 heteroatoms. The molecule has 0 aliphatic heterocycles. The Morgan fingerprint density at radius 3 is 2.30 bits per heavy atom. The zero-order valence-electron chi connectivity index (χ0n) is 16.5. The van der Waals surface area contributed by atoms with Gasteiger partial charge in [0.25, 0.3) is 15.6 Å². The van der Waals surface area contributed by atoms with E-state index in [1.54, 1.807) is 24.3 Å². The van der Waals surface area contributed by atoms with Gasteiger partial charge in [-0.25, -0.2) is 22.8 Å². The van der Waals surface area contributed by atoms with Crippen LogP contribution in [0.1, 0.15) is 0 Å². The number of H-pyrrole nitrogens is 1. The van der Waals surface area contributed by atoms with Gasteiger partial charge in [0, 0.05) is 0 Å². The first-order chi connectivity index (χ1) is 15.7. The Bertz CT molecular complexity index is 1600. The van der Waals surface area contributed by atoms with E-state index in [-0.39, 0.29) is 32.7 Å². The fraction of sp³-hybridized carbons (Fsp3) is 0. The standard InChI is InChI=1S/C21H14Cl2N4O5S/c22-17-10-9-15(11-18(17)23)33(31,32)25-26(12-28)13-5-7-14(8-6-13)27-20(29)16-3-1-2-4-19(16)24-21(27)30/h1-12,25H,(H,24,30). The second-order valence-corrected chi connectivity index (χ2v) is 9.25. The first-order valence-electron chi connectivity index (χ1n) is 9.28. The molecule has 0 fully saturated rings. The first kappa shape index (κ1) is 22.7. The maximum Gasteiger partial charge on any atom is 0.333 e. The van der Waals surface area contributed by atoms with Gasteiger partial charge in [-0.05, 0) is 54.6 Å². The van der Waals surface area contributed by atoms with Gasteiger partial charge in [0.15, 0.2) is 0 Å². The Morgan fingerprint density at radius 1 is 0.939 bits per heavy atom. The number of benzene rings is 3. The first-order valence-corrected chi connectivity index (χ1v) is 11.5. The molecule has 0 aliphatic carbocycles. The SMILES string of the molecule is O=CN(NS(=O)(=O)c1ccc(Cl)c(Cl)c1)c1ccc(-n2c(=O)[nH]c3ccccc3c2=O)cc1. The van der Waals surface area contributed by atoms with E-state index in [1.165, 1.54) is 36.4 Å². The van der Waals surface area contributed by atoms with E-state index >= 15 is 0 Å². The van der Waals surface area contributed by atoms with Crippen LogP contribution < -0.4 is 21.1 Å². The second-order valence-electron chi connectivity index (χ2n) is 6.78. The maximum atomic E-state index is 12.8. The van der Waals surface area contributed by atoms with E-state index in [1.807, 2.05) is 0 Å². The van der Waals surface area contributed by atoms with Gasteiger partial charge in [0.05, 0.1) is 37.2 Å². The lowest BCUT2D eigenvalue weighted by atomic mass is 10.2. The fourth-order valence-electron chi connectivity index (χ4n) is 3.12. The number of para-hydroxylation sites is 1. The number of sulfonamides is 1. The molecule has 4 aromatic rings. The van der Waals surface area contributed by atoms with Gasteiger partial charge in [0.2, 0.25) is 6.41 Å². The molecule has 0 atom stereocenters. The molecule has 0 saturated heterocycles. The minimum Gasteiger partial charge on any atom is -0.306 e. The summed E-state index contributed by atoms with van der Waals surface area (Å²) < 4.78 is 26.2. The van der Waals surface area contributed by atoms with Crippen LogP contribution in [0.4, 0.5) is 5.69 Å². The number of hydrogen-bond acceptors (Lipinski definition) is 5. The number of anilines is 1. The van der Waals surface area contributed by atoms with Crippen LogP contribution in [0.25, 0.3) is 16.6 Å². The number of carbonyl (C=O) groups excluding carboxylic acids is 1. The van der Waals surface area contributed by atoms with Crippen molar-refractivity contribution in [2.75, 3.05) is 5.01 Å². The normalized spacial score (nSPS) is 11.5. The van der Waals surface area contributed by atoms with Crippen molar-refractivity contribution in [1.29, 1.82) is 0 Å². The van der Waals surface area contributed by atoms with Crippen molar-refractivity contribution in [3.05, 3.63) is 97.6 Å². The summed E-state index contributed by atoms with van der Waals surface area (Å²) >= 11 is 11.7. The topological polar surface area (TPSA) is 121 Å². The van der Waals surface area contributed by atoms with Crippen LogP contribution in [0, 0.1) is 0 Å². The highest BCUT2D eigenvalue weighted by Crippen LogP contribution is 2.25. The fourth-order valence-corrected chi connectivity index (χ4v) is 4.52. The number of rotatable bonds is 6. The number of nitrogens with one attached hydrogen (secondary N) is 2. The number of carbonyl (C=O) groups is 1. The van der Waals surface area contributed by atoms with E-state index in [9.17, 15) is 22.8 Å². The van der Waals surface area contributed by atoms with Crippen molar-refractivity contribution in [3.8, 4) is 5.69 Å². The highest BCUT2D eigenvalue weighted by atomic mass is 35.5. The van der Waals surface area contributed by atoms with Crippen LogP contribution in [0.2, 0.25) is 10.0 Å². The van der Waals surface area contributed by atoms with E-state index in [2.05, 4.69) is 9.82 Å². The monoisotopic (exact) mass is 504 g/mol. The summed E-state index contributed by atoms with van der Waals surface area (Å²) in [5.74, 6) is 0. The number of nitrogens with zero attached hydrogens (tertiary/aromatic N) is 2. The minimum absolute atomic E-state index is 0.0348. The maximum absolute atomic E-state index is 12.8. The molecule has 0 bridgehead atoms. The molecule has 168 valence electrons. The number of hydrogen-bond donors (Lipinski definition) is 2. The van der Waals surface area contributed by atoms with Crippen molar-refractivity contribution in [2.45, 2.75) is 4.90 Å². The van der Waals surface area contributed by atoms with Gasteiger partial charge in [-0.3, -0.25) is 9.59 Å². The number of halogens is 2. The molecule has 0 aliphatic rings. The highest BCUT2D eigenvalue weighted by molar-refractivity contribution is 7.89. The summed E-state index contributed by atoms with van der Waals surface area (Å²) in [7, 11) is -4.17. The predicted molar refractivity (Wildman–Crippen MR) is 125 cm³/mol. The number of aromatic nitrogens is 2. The smallest absolute Gasteiger partial charge is 0.306 e. The molecule has 0 radical (unpaired) electrons. The third kappa shape index (κ3) is 4.41. The summed E-state index contributed by atoms with van der Waals surface area (Å²) in [6, 6.07) is 15.9. The lowest BCUT2D eigenvalue weighted by Crippen LogP contribution is -2.41. The van der Waals surface area contributed by atoms with E-state index in [4.69, 9.17) is 23.2 Å². The molecular formula is C21H14Cl2N4O5S. The summed E-state index contributed by atoms with van der Waals surface area (Å²) in [4.78, 5) is 41.4. The Kier molecular flexibility index (Phi) is 6.09. The zero-order chi connectivity index (χ0) is 23.8. The van der Waals surface area contributed by atoms with E-state index < -0.39 is 21.3 Å². The van der Waals surface area contributed by atoms with Crippen LogP contribution in [0.5, 0.6) is 0 Å². The van der Waals surface area contributed by atoms with Crippen molar-refractivity contribution >= 4 is 56.2 Å². The average Bonchev–Trinajstić information content (AvgIpc) is 2.80. The van der Waals surface area contributed by atoms with Crippen LogP contribution in [-0.2, 0) is 14.8 Å². The molecular weight excluding hydrogens is 491 g/mol. The molecule has 0 unspecified atom stereocenters. The number of hydrazine groups is 1. The summed E-state index contributed by atoms with van der Waals surface area (Å²) in [5.41, 5.74) is -0.380. The Morgan fingerprint density at radius 2 is 1.64 bits per heavy atom. The second kappa shape index (κ2) is 8.83. The summed E-state index contributed by atoms with van der Waals surface area (Å²) in [6.07, 6.45) is 0.263. The van der Waals surface area contributed by atoms with E-state index in [0.717, 1.165) is 15.6 Å². The molecule has 4 rings (SSSR count). The van der Waals surface area contributed by atoms with Crippen LogP contribution in [-0.4, -0.2) is 24.4 Å². The predicted octanol–water partition coefficient (Wildman–Crippen LogP) is 2.84. The average molecular weight is 505 g/mol. The molecule has 0 saturated carbocycles. The van der Waals surface area contributed by atoms with Crippen LogP contribution in [0.3, 0.4) is 0 Å². The number of aromatic amines is 1. The van der Waals surface area contributed by atoms with Gasteiger partial charge in [0.1, 0.15) is 0 Å². The highest BCUT2D eigenvalue weighted by Gasteiger charge is 2.20. The van der Waals surface area contributed by atoms with Crippen molar-refractivity contribution in [3.63, 3.8) is 0 Å². The zero-order valence-corrected chi connectivity index (χ0v) is 18.9. The van der Waals surface area contributed by atoms with Crippen molar-refractivity contribution in [2.24, 2.45) is 0 Å². The third-order valence-electron chi connectivity index (χ3n) is 4.72. The molecule has 1 heterocycles. The number of fused-ring (bicyclic) bond motifs is 1. The molecule has 1 amide bonds. The van der Waals surface area contributed by atoms with E-state index in [0.29, 0.717) is 10.9 Å². The molecule has 2 N–H and O–H groups in total. The summed E-state index contributed by atoms with van der Waals surface area (Å²) in [6.45, 7) is 0. The molecule has 3 aromatic carbocycles. The lowest BCUT2D eigenvalue weighted by molar-refractivity contribution is -0.107. The minimum atomic E-state index is -4.17. The molecule has 1 aromatic heterocycles. The van der Waals surface area contributed by atoms with Crippen LogP contribution >= 0.6 is 23.2 Å². The third-order valence-corrected chi connectivity index (χ3v) is 6.77. The van der Waals surface area contributed by atoms with Gasteiger partial charge in [-0.15, -0.1) is 4.83 Å². The number of amides is 1.